The van der Waals surface area contributed by atoms with Crippen molar-refractivity contribution in [1.82, 2.24) is 0 Å². The highest BCUT2D eigenvalue weighted by molar-refractivity contribution is 9.12. The maximum atomic E-state index is 3.75. The van der Waals surface area contributed by atoms with Crippen LogP contribution in [0.25, 0.3) is 0 Å². The average Bonchev–Trinajstić information content (AvgIpc) is 2.61. The summed E-state index contributed by atoms with van der Waals surface area (Å²) in [6.07, 6.45) is 0. The van der Waals surface area contributed by atoms with E-state index < -0.39 is 0 Å². The highest BCUT2D eigenvalue weighted by Crippen LogP contribution is 2.42. The zero-order valence-corrected chi connectivity index (χ0v) is 16.0. The van der Waals surface area contributed by atoms with Gasteiger partial charge in [-0.2, -0.15) is 0 Å². The number of alkyl halides is 1. The van der Waals surface area contributed by atoms with E-state index in [1.54, 1.807) is 11.3 Å². The molecular weight excluding hydrogens is 496 g/mol. The molecule has 2 rings (SSSR count). The van der Waals surface area contributed by atoms with E-state index in [0.29, 0.717) is 0 Å². The normalized spacial score (nSPS) is 12.8. The molecule has 0 fully saturated rings. The lowest BCUT2D eigenvalue weighted by Gasteiger charge is -2.11. The molecule has 0 aliphatic rings. The molecule has 0 saturated carbocycles. The van der Waals surface area contributed by atoms with Gasteiger partial charge in [0.1, 0.15) is 0 Å². The van der Waals surface area contributed by atoms with Gasteiger partial charge in [-0.3, -0.25) is 0 Å². The zero-order valence-electron chi connectivity index (χ0n) is 8.81. The Morgan fingerprint density at radius 2 is 1.82 bits per heavy atom. The Labute approximate surface area is 138 Å². The minimum Gasteiger partial charge on any atom is -0.121 e. The predicted octanol–water partition coefficient (Wildman–Crippen LogP) is 6.83. The smallest absolute Gasteiger partial charge is 0.0757 e. The second-order valence-corrected chi connectivity index (χ2v) is 9.17. The first-order valence-corrected chi connectivity index (χ1v) is 8.95. The van der Waals surface area contributed by atoms with Crippen molar-refractivity contribution in [3.8, 4) is 0 Å². The molecule has 0 aliphatic carbocycles. The molecule has 17 heavy (non-hydrogen) atoms. The Balaban J connectivity index is 2.40. The summed E-state index contributed by atoms with van der Waals surface area (Å²) in [6.45, 7) is 2.09. The van der Waals surface area contributed by atoms with Crippen LogP contribution in [0.15, 0.2) is 36.3 Å². The molecule has 0 radical (unpaired) electrons. The molecule has 0 nitrogen and oxygen atoms in total. The summed E-state index contributed by atoms with van der Waals surface area (Å²) in [5.41, 5.74) is 3.74. The Bertz CT molecular complexity index is 547. The summed E-state index contributed by atoms with van der Waals surface area (Å²) in [5, 5.41) is 0. The van der Waals surface area contributed by atoms with E-state index in [2.05, 4.69) is 94.9 Å². The Morgan fingerprint density at radius 1 is 1.12 bits per heavy atom. The van der Waals surface area contributed by atoms with Gasteiger partial charge in [0.05, 0.1) is 12.4 Å². The highest BCUT2D eigenvalue weighted by Gasteiger charge is 2.16. The van der Waals surface area contributed by atoms with Crippen LogP contribution in [0.3, 0.4) is 0 Å². The van der Waals surface area contributed by atoms with Gasteiger partial charge >= 0.3 is 0 Å². The van der Waals surface area contributed by atoms with Gasteiger partial charge in [0.25, 0.3) is 0 Å². The van der Waals surface area contributed by atoms with Gasteiger partial charge in [0.2, 0.25) is 0 Å². The van der Waals surface area contributed by atoms with E-state index in [4.69, 9.17) is 0 Å². The summed E-state index contributed by atoms with van der Waals surface area (Å²) in [7, 11) is 0. The summed E-state index contributed by atoms with van der Waals surface area (Å²) in [6, 6.07) is 8.58. The first-order valence-electron chi connectivity index (χ1n) is 4.84. The number of thiophene rings is 1. The zero-order chi connectivity index (χ0) is 12.6. The number of aryl methyl sites for hydroxylation is 1. The second kappa shape index (κ2) is 5.87. The van der Waals surface area contributed by atoms with Crippen LogP contribution in [0.4, 0.5) is 0 Å². The van der Waals surface area contributed by atoms with E-state index >= 15 is 0 Å². The molecule has 2 aromatic rings. The summed E-state index contributed by atoms with van der Waals surface area (Å²) < 4.78 is 3.43. The van der Waals surface area contributed by atoms with E-state index in [0.717, 1.165) is 12.0 Å². The molecule has 0 spiro atoms. The van der Waals surface area contributed by atoms with Gasteiger partial charge in [0, 0.05) is 4.47 Å². The van der Waals surface area contributed by atoms with Crippen molar-refractivity contribution < 1.29 is 0 Å². The summed E-state index contributed by atoms with van der Waals surface area (Å²) in [4.78, 5) is 0.205. The largest absolute Gasteiger partial charge is 0.121 e. The number of benzene rings is 1. The Morgan fingerprint density at radius 3 is 2.35 bits per heavy atom. The first kappa shape index (κ1) is 14.3. The third-order valence-electron chi connectivity index (χ3n) is 2.44. The average molecular weight is 504 g/mol. The Kier molecular flexibility index (Phi) is 4.92. The van der Waals surface area contributed by atoms with E-state index in [1.807, 2.05) is 0 Å². The van der Waals surface area contributed by atoms with Crippen molar-refractivity contribution in [3.05, 3.63) is 53.0 Å². The fourth-order valence-corrected chi connectivity index (χ4v) is 5.88. The summed E-state index contributed by atoms with van der Waals surface area (Å²) in [5.74, 6) is 0. The minimum absolute atomic E-state index is 0.205. The van der Waals surface area contributed by atoms with Crippen LogP contribution in [0.2, 0.25) is 0 Å². The van der Waals surface area contributed by atoms with Crippen LogP contribution in [-0.2, 0) is 0 Å². The van der Waals surface area contributed by atoms with E-state index in [-0.39, 0.29) is 4.83 Å². The molecule has 1 atom stereocenters. The van der Waals surface area contributed by atoms with Gasteiger partial charge in [-0.25, -0.2) is 0 Å². The third kappa shape index (κ3) is 3.24. The first-order chi connectivity index (χ1) is 7.99. The second-order valence-electron chi connectivity index (χ2n) is 3.65. The van der Waals surface area contributed by atoms with Gasteiger partial charge in [-0.05, 0) is 67.6 Å². The van der Waals surface area contributed by atoms with Crippen molar-refractivity contribution in [2.24, 2.45) is 0 Å². The molecule has 0 amide bonds. The molecule has 0 saturated heterocycles. The molecule has 1 heterocycles. The highest BCUT2D eigenvalue weighted by atomic mass is 79.9. The van der Waals surface area contributed by atoms with Gasteiger partial charge in [0.15, 0.2) is 0 Å². The molecule has 90 valence electrons. The van der Waals surface area contributed by atoms with Crippen molar-refractivity contribution >= 4 is 75.1 Å². The minimum atomic E-state index is 0.205. The van der Waals surface area contributed by atoms with Crippen LogP contribution in [0.1, 0.15) is 21.5 Å². The molecule has 1 aromatic carbocycles. The number of hydrogen-bond acceptors (Lipinski definition) is 1. The molecule has 1 aromatic heterocycles. The van der Waals surface area contributed by atoms with Crippen LogP contribution < -0.4 is 0 Å². The molecule has 0 bridgehead atoms. The van der Waals surface area contributed by atoms with Crippen LogP contribution >= 0.6 is 75.1 Å². The van der Waals surface area contributed by atoms with E-state index in [1.165, 1.54) is 16.7 Å². The number of rotatable bonds is 2. The SMILES string of the molecule is Cc1ccc(C(Br)c2cc(Br)sc2Br)cc1Br. The molecular formula is C12H8Br4S. The lowest BCUT2D eigenvalue weighted by atomic mass is 10.1. The standard InChI is InChI=1S/C12H8Br4S/c1-6-2-3-7(4-9(6)13)11(15)8-5-10(14)17-12(8)16/h2-5,11H,1H3. The van der Waals surface area contributed by atoms with Crippen molar-refractivity contribution in [2.75, 3.05) is 0 Å². The maximum Gasteiger partial charge on any atom is 0.0757 e. The van der Waals surface area contributed by atoms with Crippen molar-refractivity contribution in [2.45, 2.75) is 11.8 Å². The van der Waals surface area contributed by atoms with Gasteiger partial charge < -0.3 is 0 Å². The van der Waals surface area contributed by atoms with Gasteiger partial charge in [-0.1, -0.05) is 44.0 Å². The maximum absolute atomic E-state index is 3.75. The molecule has 5 heteroatoms. The van der Waals surface area contributed by atoms with Crippen LogP contribution in [0.5, 0.6) is 0 Å². The van der Waals surface area contributed by atoms with Crippen LogP contribution in [-0.4, -0.2) is 0 Å². The fourth-order valence-electron chi connectivity index (χ4n) is 1.47. The molecule has 0 aliphatic heterocycles. The van der Waals surface area contributed by atoms with Crippen molar-refractivity contribution in [1.29, 1.82) is 0 Å². The monoisotopic (exact) mass is 500 g/mol. The van der Waals surface area contributed by atoms with E-state index in [9.17, 15) is 0 Å². The fraction of sp³-hybridized carbons (Fsp3) is 0.167. The molecule has 1 unspecified atom stereocenters. The quantitative estimate of drug-likeness (QED) is 0.394. The third-order valence-corrected chi connectivity index (χ3v) is 6.71. The lowest BCUT2D eigenvalue weighted by Crippen LogP contribution is -1.92. The molecule has 0 N–H and O–H groups in total. The lowest BCUT2D eigenvalue weighted by molar-refractivity contribution is 1.17. The predicted molar refractivity (Wildman–Crippen MR) is 89.4 cm³/mol. The van der Waals surface area contributed by atoms with Crippen molar-refractivity contribution in [3.63, 3.8) is 0 Å². The van der Waals surface area contributed by atoms with Gasteiger partial charge in [-0.15, -0.1) is 11.3 Å². The topological polar surface area (TPSA) is 0 Å². The number of hydrogen-bond donors (Lipinski definition) is 0. The summed E-state index contributed by atoms with van der Waals surface area (Å²) >= 11 is 16.1. The number of halogens is 4. The van der Waals surface area contributed by atoms with Crippen LogP contribution in [0, 0.1) is 6.92 Å². The Hall–Kier alpha value is 0.840.